The van der Waals surface area contributed by atoms with Crippen molar-refractivity contribution in [2.45, 2.75) is 63.8 Å². The van der Waals surface area contributed by atoms with Gasteiger partial charge in [-0.2, -0.15) is 0 Å². The lowest BCUT2D eigenvalue weighted by molar-refractivity contribution is -0.117. The lowest BCUT2D eigenvalue weighted by Crippen LogP contribution is -2.34. The molecule has 0 saturated heterocycles. The van der Waals surface area contributed by atoms with Crippen LogP contribution in [0.2, 0.25) is 10.0 Å². The number of aryl methyl sites for hydroxylation is 1. The van der Waals surface area contributed by atoms with Crippen molar-refractivity contribution in [1.29, 1.82) is 0 Å². The molecule has 3 aromatic carbocycles. The molecule has 0 spiro atoms. The number of aromatic nitrogens is 2. The summed E-state index contributed by atoms with van der Waals surface area (Å²) in [5, 5.41) is 12.1. The average Bonchev–Trinajstić information content (AvgIpc) is 3.68. The van der Waals surface area contributed by atoms with Gasteiger partial charge in [0.2, 0.25) is 5.91 Å². The number of anilines is 2. The molecule has 0 saturated carbocycles. The van der Waals surface area contributed by atoms with Gasteiger partial charge >= 0.3 is 0 Å². The second kappa shape index (κ2) is 19.0. The summed E-state index contributed by atoms with van der Waals surface area (Å²) >= 11 is 12.8. The monoisotopic (exact) mass is 808 g/mol. The summed E-state index contributed by atoms with van der Waals surface area (Å²) in [5.41, 5.74) is 0.976. The zero-order valence-corrected chi connectivity index (χ0v) is 32.8. The van der Waals surface area contributed by atoms with Crippen molar-refractivity contribution in [3.8, 4) is 0 Å². The molecule has 0 radical (unpaired) electrons. The van der Waals surface area contributed by atoms with Crippen LogP contribution in [0.4, 0.5) is 17.1 Å². The third kappa shape index (κ3) is 10.6. The summed E-state index contributed by atoms with van der Waals surface area (Å²) in [7, 11) is -4.35. The van der Waals surface area contributed by atoms with Gasteiger partial charge in [-0.05, 0) is 80.4 Å². The molecule has 0 atom stereocenters. The van der Waals surface area contributed by atoms with E-state index in [1.54, 1.807) is 42.7 Å². The minimum atomic E-state index is -4.35. The van der Waals surface area contributed by atoms with Gasteiger partial charge in [-0.15, -0.1) is 0 Å². The molecule has 0 aliphatic carbocycles. The maximum Gasteiger partial charge on any atom is 0.278 e. The van der Waals surface area contributed by atoms with Crippen LogP contribution in [0.15, 0.2) is 98.2 Å². The fourth-order valence-electron chi connectivity index (χ4n) is 6.03. The van der Waals surface area contributed by atoms with E-state index in [1.807, 2.05) is 40.8 Å². The number of fused-ring (bicyclic) bond motifs is 1. The van der Waals surface area contributed by atoms with Crippen LogP contribution in [-0.4, -0.2) is 60.3 Å². The van der Waals surface area contributed by atoms with Crippen molar-refractivity contribution in [3.63, 3.8) is 0 Å². The van der Waals surface area contributed by atoms with E-state index in [1.165, 1.54) is 4.57 Å². The Morgan fingerprint density at radius 2 is 1.69 bits per heavy atom. The number of halogens is 2. The molecule has 0 aliphatic heterocycles. The standard InChI is InChI=1S/C39H42Cl2N6O7S/c1-3-46(21-22-48)28-18-16-27(17-19-28)42-36(38(50)44-34-24-32(41)35(25-31(34)40)55(52,53)45-26(2)49)37-43-33-15-9-8-14-30(33)39(51)47(37)20-10-6-4-5-7-12-29-13-11-23-54-29/h8-9,11,13-19,23-25,48H,3-7,10,12,20-22H2,1-2H3,(H,44,50)(H,45,49). The topological polar surface area (TPSA) is 176 Å². The van der Waals surface area contributed by atoms with E-state index in [9.17, 15) is 27.9 Å². The first-order valence-electron chi connectivity index (χ1n) is 17.8. The molecule has 2 aromatic heterocycles. The van der Waals surface area contributed by atoms with Crippen LogP contribution in [0.5, 0.6) is 0 Å². The van der Waals surface area contributed by atoms with Gasteiger partial charge in [0, 0.05) is 38.7 Å². The Bertz CT molecular complexity index is 2330. The number of nitrogens with one attached hydrogen (secondary N) is 2. The lowest BCUT2D eigenvalue weighted by atomic mass is 10.1. The van der Waals surface area contributed by atoms with Crippen molar-refractivity contribution in [2.24, 2.45) is 4.99 Å². The fraction of sp³-hybridized carbons (Fsp3) is 0.308. The van der Waals surface area contributed by atoms with Gasteiger partial charge in [-0.1, -0.05) is 54.6 Å². The fourth-order valence-corrected chi connectivity index (χ4v) is 7.85. The number of likely N-dealkylation sites (N-methyl/N-ethyl adjacent to an activating group) is 1. The Labute approximate surface area is 329 Å². The van der Waals surface area contributed by atoms with Gasteiger partial charge in [-0.3, -0.25) is 19.0 Å². The number of nitrogens with zero attached hydrogens (tertiary/aromatic N) is 4. The SMILES string of the molecule is CCN(CCO)c1ccc(N=C(C(=O)Nc2cc(Cl)c(S(=O)(=O)NC(C)=O)cc2Cl)c2nc3ccccc3c(=O)n2CCCCCCCc2ccco2)cc1. The zero-order chi connectivity index (χ0) is 39.5. The van der Waals surface area contributed by atoms with E-state index in [0.717, 1.165) is 62.6 Å². The Morgan fingerprint density at radius 1 is 0.964 bits per heavy atom. The van der Waals surface area contributed by atoms with E-state index < -0.39 is 26.7 Å². The second-order valence-corrected chi connectivity index (χ2v) is 15.1. The molecule has 0 bridgehead atoms. The number of aliphatic imine (C=N–C) groups is 1. The molecule has 2 amide bonds. The molecular formula is C39H42Cl2N6O7S. The Balaban J connectivity index is 1.52. The molecule has 0 aliphatic rings. The van der Waals surface area contributed by atoms with E-state index in [4.69, 9.17) is 37.6 Å². The minimum absolute atomic E-state index is 0.0191. The van der Waals surface area contributed by atoms with Crippen molar-refractivity contribution >= 4 is 78.7 Å². The van der Waals surface area contributed by atoms with Gasteiger partial charge in [0.05, 0.1) is 45.2 Å². The molecule has 0 fully saturated rings. The van der Waals surface area contributed by atoms with Crippen molar-refractivity contribution in [3.05, 3.63) is 111 Å². The number of sulfonamides is 1. The largest absolute Gasteiger partial charge is 0.469 e. The van der Waals surface area contributed by atoms with Gasteiger partial charge in [0.15, 0.2) is 11.5 Å². The highest BCUT2D eigenvalue weighted by Crippen LogP contribution is 2.32. The molecule has 2 heterocycles. The number of unbranched alkanes of at least 4 members (excludes halogenated alkanes) is 4. The molecular weight excluding hydrogens is 767 g/mol. The first kappa shape index (κ1) is 41.1. The molecule has 5 aromatic rings. The number of para-hydroxylation sites is 1. The number of furan rings is 1. The maximum atomic E-state index is 14.3. The molecule has 0 unspecified atom stereocenters. The van der Waals surface area contributed by atoms with Gasteiger partial charge < -0.3 is 19.7 Å². The maximum absolute atomic E-state index is 14.3. The number of benzene rings is 3. The normalized spacial score (nSPS) is 11.8. The van der Waals surface area contributed by atoms with Crippen LogP contribution >= 0.6 is 23.2 Å². The number of carbonyl (C=O) groups is 2. The van der Waals surface area contributed by atoms with Crippen LogP contribution in [0.1, 0.15) is 57.5 Å². The van der Waals surface area contributed by atoms with Crippen LogP contribution in [0.3, 0.4) is 0 Å². The zero-order valence-electron chi connectivity index (χ0n) is 30.4. The summed E-state index contributed by atoms with van der Waals surface area (Å²) in [4.78, 5) is 51.0. The van der Waals surface area contributed by atoms with Gasteiger partial charge in [0.25, 0.3) is 21.5 Å². The average molecular weight is 810 g/mol. The van der Waals surface area contributed by atoms with E-state index >= 15 is 0 Å². The highest BCUT2D eigenvalue weighted by molar-refractivity contribution is 7.90. The first-order chi connectivity index (χ1) is 26.4. The van der Waals surface area contributed by atoms with Crippen molar-refractivity contribution in [2.75, 3.05) is 29.9 Å². The molecule has 55 heavy (non-hydrogen) atoms. The third-order valence-corrected chi connectivity index (χ3v) is 10.9. The number of aliphatic hydroxyl groups is 1. The highest BCUT2D eigenvalue weighted by atomic mass is 35.5. The van der Waals surface area contributed by atoms with Gasteiger partial charge in [0.1, 0.15) is 10.7 Å². The van der Waals surface area contributed by atoms with Crippen LogP contribution in [0, 0.1) is 0 Å². The number of amides is 2. The van der Waals surface area contributed by atoms with Crippen molar-refractivity contribution < 1.29 is 27.5 Å². The molecule has 13 nitrogen and oxygen atoms in total. The smallest absolute Gasteiger partial charge is 0.278 e. The lowest BCUT2D eigenvalue weighted by Gasteiger charge is -2.22. The highest BCUT2D eigenvalue weighted by Gasteiger charge is 2.26. The summed E-state index contributed by atoms with van der Waals surface area (Å²) in [6.07, 6.45) is 6.83. The number of hydrogen-bond acceptors (Lipinski definition) is 10. The Morgan fingerprint density at radius 3 is 2.38 bits per heavy atom. The minimum Gasteiger partial charge on any atom is -0.469 e. The third-order valence-electron chi connectivity index (χ3n) is 8.72. The number of hydrogen-bond donors (Lipinski definition) is 3. The number of aliphatic hydroxyl groups excluding tert-OH is 1. The second-order valence-electron chi connectivity index (χ2n) is 12.7. The molecule has 290 valence electrons. The van der Waals surface area contributed by atoms with E-state index in [-0.39, 0.29) is 46.0 Å². The number of carbonyl (C=O) groups excluding carboxylic acids is 2. The quantitative estimate of drug-likeness (QED) is 0.0629. The molecule has 5 rings (SSSR count). The van der Waals surface area contributed by atoms with Crippen LogP contribution in [0.25, 0.3) is 10.9 Å². The first-order valence-corrected chi connectivity index (χ1v) is 20.1. The van der Waals surface area contributed by atoms with Gasteiger partial charge in [-0.25, -0.2) is 23.1 Å². The Hall–Kier alpha value is -5.02. The predicted molar refractivity (Wildman–Crippen MR) is 215 cm³/mol. The van der Waals surface area contributed by atoms with E-state index in [0.29, 0.717) is 36.1 Å². The summed E-state index contributed by atoms with van der Waals surface area (Å²) in [5.74, 6) is -0.664. The van der Waals surface area contributed by atoms with Crippen molar-refractivity contribution in [1.82, 2.24) is 14.3 Å². The predicted octanol–water partition coefficient (Wildman–Crippen LogP) is 6.89. The van der Waals surface area contributed by atoms with E-state index in [2.05, 4.69) is 5.32 Å². The van der Waals surface area contributed by atoms with Crippen LogP contribution < -0.4 is 20.5 Å². The molecule has 3 N–H and O–H groups in total. The van der Waals surface area contributed by atoms with Crippen LogP contribution in [-0.2, 0) is 32.6 Å². The summed E-state index contributed by atoms with van der Waals surface area (Å²) < 4.78 is 34.1. The Kier molecular flexibility index (Phi) is 14.2. The summed E-state index contributed by atoms with van der Waals surface area (Å²) in [6.45, 7) is 4.32. The molecule has 16 heteroatoms. The summed E-state index contributed by atoms with van der Waals surface area (Å²) in [6, 6.07) is 19.9. The number of rotatable bonds is 18.